The molecule has 4 N–H and O–H groups in total. The van der Waals surface area contributed by atoms with Crippen molar-refractivity contribution in [3.63, 3.8) is 0 Å². The van der Waals surface area contributed by atoms with E-state index in [0.717, 1.165) is 12.2 Å². The number of amides is 1. The molecule has 0 bridgehead atoms. The number of benzene rings is 1. The van der Waals surface area contributed by atoms with Crippen LogP contribution in [0.2, 0.25) is 0 Å². The number of nitrogens with zero attached hydrogens (tertiary/aromatic N) is 1. The molecule has 1 aromatic rings. The summed E-state index contributed by atoms with van der Waals surface area (Å²) in [5.41, 5.74) is 6.65. The second kappa shape index (κ2) is 13.5. The topological polar surface area (TPSA) is 98.0 Å². The summed E-state index contributed by atoms with van der Waals surface area (Å²) in [4.78, 5) is 15.7. The lowest BCUT2D eigenvalue weighted by atomic mass is 10.2. The Morgan fingerprint density at radius 1 is 1.23 bits per heavy atom. The van der Waals surface area contributed by atoms with Gasteiger partial charge in [0.2, 0.25) is 5.91 Å². The Bertz CT molecular complexity index is 580. The number of carbonyl (C=O) groups excluding carboxylic acids is 1. The Hall–Kier alpha value is -1.71. The number of aliphatic imine (C=N–C) groups is 1. The van der Waals surface area contributed by atoms with Gasteiger partial charge in [0, 0.05) is 25.1 Å². The molecule has 0 aliphatic rings. The van der Waals surface area contributed by atoms with Crippen LogP contribution >= 0.6 is 24.0 Å². The maximum absolute atomic E-state index is 11.5. The van der Waals surface area contributed by atoms with Gasteiger partial charge in [-0.1, -0.05) is 13.8 Å². The van der Waals surface area contributed by atoms with Crippen LogP contribution in [0.25, 0.3) is 0 Å². The third-order valence-electron chi connectivity index (χ3n) is 3.27. The number of nitrogens with two attached hydrogens (primary N) is 1. The molecule has 1 aromatic carbocycles. The molecule has 0 aliphatic heterocycles. The minimum Gasteiger partial charge on any atom is -0.494 e. The molecule has 0 saturated carbocycles. The molecule has 148 valence electrons. The minimum atomic E-state index is -0.00941. The average Bonchev–Trinajstić information content (AvgIpc) is 2.57. The fourth-order valence-electron chi connectivity index (χ4n) is 2.02. The van der Waals surface area contributed by atoms with Crippen molar-refractivity contribution in [2.75, 3.05) is 31.6 Å². The van der Waals surface area contributed by atoms with Gasteiger partial charge in [-0.3, -0.25) is 9.79 Å². The molecule has 0 aromatic heterocycles. The van der Waals surface area contributed by atoms with Crippen LogP contribution < -0.4 is 25.8 Å². The van der Waals surface area contributed by atoms with Crippen molar-refractivity contribution in [3.8, 4) is 11.5 Å². The molecule has 0 aliphatic carbocycles. The number of hydrogen-bond donors (Lipinski definition) is 3. The fraction of sp³-hybridized carbons (Fsp3) is 0.556. The number of carbonyl (C=O) groups is 1. The Morgan fingerprint density at radius 2 is 1.92 bits per heavy atom. The third kappa shape index (κ3) is 9.12. The van der Waals surface area contributed by atoms with Crippen LogP contribution in [0.3, 0.4) is 0 Å². The molecule has 7 nitrogen and oxygen atoms in total. The zero-order chi connectivity index (χ0) is 18.7. The van der Waals surface area contributed by atoms with Crippen LogP contribution in [-0.2, 0) is 4.79 Å². The summed E-state index contributed by atoms with van der Waals surface area (Å²) in [6, 6.07) is 5.52. The fourth-order valence-corrected chi connectivity index (χ4v) is 2.02. The molecule has 0 unspecified atom stereocenters. The smallest absolute Gasteiger partial charge is 0.222 e. The monoisotopic (exact) mass is 478 g/mol. The van der Waals surface area contributed by atoms with E-state index in [1.165, 1.54) is 0 Å². The van der Waals surface area contributed by atoms with E-state index in [1.807, 2.05) is 45.9 Å². The van der Waals surface area contributed by atoms with Gasteiger partial charge >= 0.3 is 0 Å². The summed E-state index contributed by atoms with van der Waals surface area (Å²) in [6.07, 6.45) is 0.720. The maximum Gasteiger partial charge on any atom is 0.222 e. The van der Waals surface area contributed by atoms with Crippen molar-refractivity contribution in [1.29, 1.82) is 0 Å². The summed E-state index contributed by atoms with van der Waals surface area (Å²) in [5, 5.41) is 5.89. The van der Waals surface area contributed by atoms with E-state index in [9.17, 15) is 4.79 Å². The van der Waals surface area contributed by atoms with Crippen molar-refractivity contribution in [3.05, 3.63) is 18.2 Å². The van der Waals surface area contributed by atoms with Crippen molar-refractivity contribution in [2.45, 2.75) is 34.1 Å². The molecule has 26 heavy (non-hydrogen) atoms. The van der Waals surface area contributed by atoms with E-state index in [1.54, 1.807) is 0 Å². The molecular weight excluding hydrogens is 447 g/mol. The molecule has 1 amide bonds. The molecule has 0 saturated heterocycles. The van der Waals surface area contributed by atoms with E-state index in [2.05, 4.69) is 15.6 Å². The molecule has 1 rings (SSSR count). The van der Waals surface area contributed by atoms with Gasteiger partial charge in [-0.05, 0) is 32.4 Å². The number of anilines is 1. The number of hydrogen-bond acceptors (Lipinski definition) is 4. The summed E-state index contributed by atoms with van der Waals surface area (Å²) >= 11 is 0. The van der Waals surface area contributed by atoms with Gasteiger partial charge in [0.15, 0.2) is 5.96 Å². The molecule has 0 heterocycles. The van der Waals surface area contributed by atoms with Crippen molar-refractivity contribution >= 4 is 41.5 Å². The van der Waals surface area contributed by atoms with Gasteiger partial charge in [0.1, 0.15) is 11.5 Å². The zero-order valence-corrected chi connectivity index (χ0v) is 18.3. The first-order valence-electron chi connectivity index (χ1n) is 8.72. The average molecular weight is 478 g/mol. The van der Waals surface area contributed by atoms with E-state index in [0.29, 0.717) is 43.7 Å². The van der Waals surface area contributed by atoms with Gasteiger partial charge < -0.3 is 25.8 Å². The van der Waals surface area contributed by atoms with Gasteiger partial charge in [-0.25, -0.2) is 0 Å². The molecule has 0 fully saturated rings. The Balaban J connectivity index is 0.00000625. The van der Waals surface area contributed by atoms with Gasteiger partial charge in [0.05, 0.1) is 18.9 Å². The molecule has 0 atom stereocenters. The van der Waals surface area contributed by atoms with E-state index < -0.39 is 0 Å². The van der Waals surface area contributed by atoms with Crippen molar-refractivity contribution < 1.29 is 14.3 Å². The predicted octanol–water partition coefficient (Wildman–Crippen LogP) is 2.99. The Labute approximate surface area is 173 Å². The highest BCUT2D eigenvalue weighted by Gasteiger charge is 2.07. The second-order valence-electron chi connectivity index (χ2n) is 5.72. The first-order chi connectivity index (χ1) is 12.0. The van der Waals surface area contributed by atoms with Crippen molar-refractivity contribution in [2.24, 2.45) is 16.6 Å². The Morgan fingerprint density at radius 3 is 2.54 bits per heavy atom. The molecule has 0 radical (unpaired) electrons. The quantitative estimate of drug-likeness (QED) is 0.208. The van der Waals surface area contributed by atoms with E-state index >= 15 is 0 Å². The lowest BCUT2D eigenvalue weighted by Crippen LogP contribution is -2.29. The van der Waals surface area contributed by atoms with Crippen LogP contribution in [0.15, 0.2) is 23.2 Å². The van der Waals surface area contributed by atoms with Crippen LogP contribution in [0.5, 0.6) is 11.5 Å². The van der Waals surface area contributed by atoms with Crippen LogP contribution in [0.1, 0.15) is 34.1 Å². The standard InChI is InChI=1S/C18H30N4O3.HI/c1-5-24-14-8-9-16(25-6-2)15(12-14)22-18(19)21-11-7-10-20-17(23)13(3)4;/h8-9,12-13H,5-7,10-11H2,1-4H3,(H,20,23)(H3,19,21,22);1H. The Kier molecular flexibility index (Phi) is 12.6. The number of halogens is 1. The number of nitrogens with one attached hydrogen (secondary N) is 2. The molecule has 0 spiro atoms. The van der Waals surface area contributed by atoms with Crippen LogP contribution in [0.4, 0.5) is 5.69 Å². The predicted molar refractivity (Wildman–Crippen MR) is 117 cm³/mol. The highest BCUT2D eigenvalue weighted by molar-refractivity contribution is 14.0. The summed E-state index contributed by atoms with van der Waals surface area (Å²) in [6.45, 7) is 9.81. The van der Waals surface area contributed by atoms with E-state index in [-0.39, 0.29) is 35.8 Å². The first kappa shape index (κ1) is 24.3. The SMILES string of the molecule is CCOc1ccc(OCC)c(NC(N)=NCCCNC(=O)C(C)C)c1.I. The zero-order valence-electron chi connectivity index (χ0n) is 16.0. The normalized spacial score (nSPS) is 10.9. The van der Waals surface area contributed by atoms with Crippen LogP contribution in [-0.4, -0.2) is 38.2 Å². The summed E-state index contributed by atoms with van der Waals surface area (Å²) in [7, 11) is 0. The number of guanidine groups is 1. The van der Waals surface area contributed by atoms with Crippen LogP contribution in [0, 0.1) is 5.92 Å². The first-order valence-corrected chi connectivity index (χ1v) is 8.72. The third-order valence-corrected chi connectivity index (χ3v) is 3.27. The second-order valence-corrected chi connectivity index (χ2v) is 5.72. The summed E-state index contributed by atoms with van der Waals surface area (Å²) < 4.78 is 11.1. The van der Waals surface area contributed by atoms with Crippen molar-refractivity contribution in [1.82, 2.24) is 5.32 Å². The maximum atomic E-state index is 11.5. The van der Waals surface area contributed by atoms with Gasteiger partial charge in [-0.15, -0.1) is 24.0 Å². The number of ether oxygens (including phenoxy) is 2. The van der Waals surface area contributed by atoms with Gasteiger partial charge in [0.25, 0.3) is 0 Å². The largest absolute Gasteiger partial charge is 0.494 e. The van der Waals surface area contributed by atoms with Gasteiger partial charge in [-0.2, -0.15) is 0 Å². The highest BCUT2D eigenvalue weighted by atomic mass is 127. The summed E-state index contributed by atoms with van der Waals surface area (Å²) in [5.74, 6) is 1.75. The van der Waals surface area contributed by atoms with E-state index in [4.69, 9.17) is 15.2 Å². The number of rotatable bonds is 10. The lowest BCUT2D eigenvalue weighted by Gasteiger charge is -2.14. The lowest BCUT2D eigenvalue weighted by molar-refractivity contribution is -0.123. The minimum absolute atomic E-state index is 0. The molecular formula is C18H31IN4O3. The molecule has 8 heteroatoms. The highest BCUT2D eigenvalue weighted by Crippen LogP contribution is 2.29.